The van der Waals surface area contributed by atoms with Crippen LogP contribution in [0.2, 0.25) is 0 Å². The number of ether oxygens (including phenoxy) is 2. The fourth-order valence-corrected chi connectivity index (χ4v) is 9.82. The normalized spacial score (nSPS) is 14.4. The minimum Gasteiger partial charge on any atom is -0.756 e. The highest BCUT2D eigenvalue weighted by molar-refractivity contribution is 7.45. The minimum atomic E-state index is -4.67. The molecular weight excluding hydrogens is 1210 g/mol. The zero-order chi connectivity index (χ0) is 69.7. The van der Waals surface area contributed by atoms with E-state index in [2.05, 4.69) is 245 Å². The van der Waals surface area contributed by atoms with Crippen molar-refractivity contribution in [2.24, 2.45) is 0 Å². The number of unbranched alkanes of at least 4 members (excludes halogenated alkanes) is 13. The van der Waals surface area contributed by atoms with E-state index < -0.39 is 32.5 Å². The predicted octanol–water partition coefficient (Wildman–Crippen LogP) is 24.3. The maximum atomic E-state index is 12.9. The van der Waals surface area contributed by atoms with Crippen molar-refractivity contribution >= 4 is 19.8 Å². The number of phosphoric ester groups is 1. The molecule has 0 bridgehead atoms. The summed E-state index contributed by atoms with van der Waals surface area (Å²) < 4.78 is 34.3. The van der Waals surface area contributed by atoms with Crippen LogP contribution in [0.25, 0.3) is 0 Å². The van der Waals surface area contributed by atoms with E-state index in [4.69, 9.17) is 18.5 Å². The molecule has 0 N–H and O–H groups in total. The standard InChI is InChI=1S/C86H134NO8P/c1-6-8-10-12-14-16-18-20-22-24-26-28-30-32-34-36-38-40-41-42-43-44-45-47-48-50-52-54-56-58-60-62-64-66-68-70-72-74-76-78-85(88)92-82-84(83-94-96(90,91)93-81-80-87(3,4)5)95-86(89)79-77-75-73-71-69-67-65-63-61-59-57-55-53-51-49-46-39-37-35-33-31-29-27-25-23-21-19-17-15-13-11-9-7-2/h8-11,14-17,20-23,26-29,32-35,38-40,42-43,45-47,50-53,57,59,63,65,69,71,84H,6-7,12-13,18-19,24-25,30-31,36-37,41,44,48-49,54-56,58,60-62,64,66-68,70,72-83H2,1-5H3/b10-8-,11-9-,16-14-,17-15-,22-20-,23-21-,28-26-,29-27-,34-32-,35-33-,40-38-,43-42-,46-39-,47-45-,52-50-,53-51-,59-57-,65-63-,71-69-. The topological polar surface area (TPSA) is 111 Å². The Balaban J connectivity index is 4.19. The van der Waals surface area contributed by atoms with Crippen LogP contribution in [0.15, 0.2) is 231 Å². The largest absolute Gasteiger partial charge is 0.756 e. The maximum Gasteiger partial charge on any atom is 0.306 e. The molecule has 0 aliphatic heterocycles. The Hall–Kier alpha value is -5.93. The Morgan fingerprint density at radius 2 is 0.562 bits per heavy atom. The molecule has 0 fully saturated rings. The van der Waals surface area contributed by atoms with Gasteiger partial charge in [-0.05, 0) is 161 Å². The van der Waals surface area contributed by atoms with Crippen molar-refractivity contribution in [3.63, 3.8) is 0 Å². The van der Waals surface area contributed by atoms with Crippen LogP contribution in [-0.4, -0.2) is 70.0 Å². The van der Waals surface area contributed by atoms with Gasteiger partial charge in [0.05, 0.1) is 27.7 Å². The summed E-state index contributed by atoms with van der Waals surface area (Å²) in [5, 5.41) is 0. The second-order valence-electron chi connectivity index (χ2n) is 24.8. The number of rotatable bonds is 65. The van der Waals surface area contributed by atoms with Crippen LogP contribution >= 0.6 is 7.82 Å². The quantitative estimate of drug-likeness (QED) is 0.0195. The number of phosphoric acid groups is 1. The molecule has 0 aliphatic rings. The molecule has 0 aliphatic carbocycles. The van der Waals surface area contributed by atoms with Crippen molar-refractivity contribution < 1.29 is 42.1 Å². The first-order valence-corrected chi connectivity index (χ1v) is 38.6. The van der Waals surface area contributed by atoms with Gasteiger partial charge in [0.15, 0.2) is 6.10 Å². The first-order valence-electron chi connectivity index (χ1n) is 37.1. The second-order valence-corrected chi connectivity index (χ2v) is 26.2. The summed E-state index contributed by atoms with van der Waals surface area (Å²) in [4.78, 5) is 38.1. The van der Waals surface area contributed by atoms with Crippen LogP contribution in [-0.2, 0) is 32.7 Å². The molecular formula is C86H134NO8P. The van der Waals surface area contributed by atoms with Crippen LogP contribution < -0.4 is 4.89 Å². The van der Waals surface area contributed by atoms with E-state index in [1.165, 1.54) is 44.9 Å². The Labute approximate surface area is 588 Å². The number of esters is 2. The van der Waals surface area contributed by atoms with Crippen LogP contribution in [0.1, 0.15) is 245 Å². The Morgan fingerprint density at radius 1 is 0.323 bits per heavy atom. The van der Waals surface area contributed by atoms with Crippen molar-refractivity contribution in [1.29, 1.82) is 0 Å². The number of hydrogen-bond donors (Lipinski definition) is 0. The molecule has 536 valence electrons. The van der Waals surface area contributed by atoms with E-state index in [9.17, 15) is 19.0 Å². The molecule has 0 aromatic carbocycles. The highest BCUT2D eigenvalue weighted by Crippen LogP contribution is 2.38. The number of carbonyl (C=O) groups excluding carboxylic acids is 2. The lowest BCUT2D eigenvalue weighted by Crippen LogP contribution is -2.37. The number of carbonyl (C=O) groups is 2. The van der Waals surface area contributed by atoms with Crippen LogP contribution in [0.4, 0.5) is 0 Å². The molecule has 0 saturated heterocycles. The summed E-state index contributed by atoms with van der Waals surface area (Å²) in [7, 11) is 1.10. The molecule has 96 heavy (non-hydrogen) atoms. The third-order valence-corrected chi connectivity index (χ3v) is 15.6. The first-order chi connectivity index (χ1) is 47.0. The van der Waals surface area contributed by atoms with Crippen molar-refractivity contribution in [2.75, 3.05) is 47.5 Å². The highest BCUT2D eigenvalue weighted by Gasteiger charge is 2.22. The summed E-state index contributed by atoms with van der Waals surface area (Å²) in [5.74, 6) is -0.905. The first kappa shape index (κ1) is 90.1. The third-order valence-electron chi connectivity index (χ3n) is 14.7. The zero-order valence-corrected chi connectivity index (χ0v) is 61.9. The molecule has 0 rings (SSSR count). The van der Waals surface area contributed by atoms with Crippen LogP contribution in [0.5, 0.6) is 0 Å². The van der Waals surface area contributed by atoms with Gasteiger partial charge >= 0.3 is 11.9 Å². The number of likely N-dealkylation sites (N-methyl/N-ethyl adjacent to an activating group) is 1. The average Bonchev–Trinajstić information content (AvgIpc) is 1.48. The van der Waals surface area contributed by atoms with Gasteiger partial charge in [-0.1, -0.05) is 303 Å². The van der Waals surface area contributed by atoms with Gasteiger partial charge in [0.1, 0.15) is 19.8 Å². The van der Waals surface area contributed by atoms with Gasteiger partial charge in [-0.3, -0.25) is 14.2 Å². The number of quaternary nitrogens is 1. The highest BCUT2D eigenvalue weighted by atomic mass is 31.2. The molecule has 0 amide bonds. The Bertz CT molecular complexity index is 2480. The Kier molecular flexibility index (Phi) is 68.8. The van der Waals surface area contributed by atoms with E-state index in [0.717, 1.165) is 161 Å². The Morgan fingerprint density at radius 3 is 0.854 bits per heavy atom. The van der Waals surface area contributed by atoms with Gasteiger partial charge in [-0.2, -0.15) is 0 Å². The van der Waals surface area contributed by atoms with Crippen molar-refractivity contribution in [3.8, 4) is 0 Å². The van der Waals surface area contributed by atoms with Gasteiger partial charge in [0, 0.05) is 12.8 Å². The van der Waals surface area contributed by atoms with Crippen LogP contribution in [0, 0.1) is 0 Å². The maximum absolute atomic E-state index is 12.9. The zero-order valence-electron chi connectivity index (χ0n) is 61.0. The second kappa shape index (κ2) is 73.3. The monoisotopic (exact) mass is 1340 g/mol. The minimum absolute atomic E-state index is 0.0526. The van der Waals surface area contributed by atoms with Crippen molar-refractivity contribution in [3.05, 3.63) is 231 Å². The smallest absolute Gasteiger partial charge is 0.306 e. The average molecular weight is 1340 g/mol. The molecule has 10 heteroatoms. The number of hydrogen-bond acceptors (Lipinski definition) is 8. The molecule has 0 aromatic heterocycles. The van der Waals surface area contributed by atoms with Gasteiger partial charge in [0.2, 0.25) is 0 Å². The number of allylic oxidation sites excluding steroid dienone is 38. The molecule has 0 heterocycles. The lowest BCUT2D eigenvalue weighted by Gasteiger charge is -2.28. The summed E-state index contributed by atoms with van der Waals surface area (Å²) >= 11 is 0. The lowest BCUT2D eigenvalue weighted by molar-refractivity contribution is -0.870. The van der Waals surface area contributed by atoms with Gasteiger partial charge in [-0.25, -0.2) is 0 Å². The van der Waals surface area contributed by atoms with E-state index in [-0.39, 0.29) is 26.1 Å². The van der Waals surface area contributed by atoms with Crippen molar-refractivity contribution in [2.45, 2.75) is 251 Å². The molecule has 0 spiro atoms. The van der Waals surface area contributed by atoms with Gasteiger partial charge < -0.3 is 27.9 Å². The van der Waals surface area contributed by atoms with E-state index in [1.807, 2.05) is 21.1 Å². The predicted molar refractivity (Wildman–Crippen MR) is 414 cm³/mol. The van der Waals surface area contributed by atoms with E-state index >= 15 is 0 Å². The molecule has 0 saturated carbocycles. The third kappa shape index (κ3) is 77.1. The lowest BCUT2D eigenvalue weighted by atomic mass is 10.0. The van der Waals surface area contributed by atoms with Crippen molar-refractivity contribution in [1.82, 2.24) is 0 Å². The number of nitrogens with zero attached hydrogens (tertiary/aromatic N) is 1. The summed E-state index contributed by atoms with van der Waals surface area (Å²) in [6, 6.07) is 0. The molecule has 0 radical (unpaired) electrons. The fourth-order valence-electron chi connectivity index (χ4n) is 9.09. The molecule has 2 unspecified atom stereocenters. The van der Waals surface area contributed by atoms with Crippen LogP contribution in [0.3, 0.4) is 0 Å². The summed E-state index contributed by atoms with van der Waals surface area (Å²) in [6.45, 7) is 3.93. The van der Waals surface area contributed by atoms with E-state index in [1.54, 1.807) is 0 Å². The van der Waals surface area contributed by atoms with E-state index in [0.29, 0.717) is 23.9 Å². The SMILES string of the molecule is CC/C=C\C/C=C\C/C=C\C/C=C\C/C=C\C/C=C\C/C=C\C/C=C\C/C=C\C/C=C\CCCCC(=O)OC(COC(=O)CCCCCCCCCCCCC/C=C\C/C=C\C/C=C\C/C=C\C/C=C\C/C=C\C/C=C\C/C=C\C/C=C\CC)COP(=O)([O-])OCC[N+](C)(C)C. The molecule has 9 nitrogen and oxygen atoms in total. The summed E-state index contributed by atoms with van der Waals surface area (Å²) in [6.07, 6.45) is 118. The molecule has 2 atom stereocenters. The van der Waals surface area contributed by atoms with Gasteiger partial charge in [-0.15, -0.1) is 0 Å². The fraction of sp³-hybridized carbons (Fsp3) is 0.535. The van der Waals surface area contributed by atoms with Gasteiger partial charge in [0.25, 0.3) is 7.82 Å². The molecule has 0 aromatic rings. The summed E-state index contributed by atoms with van der Waals surface area (Å²) in [5.41, 5.74) is 0.